The summed E-state index contributed by atoms with van der Waals surface area (Å²) in [5.74, 6) is -2.53. The number of ether oxygens (including phenoxy) is 1. The highest BCUT2D eigenvalue weighted by Crippen LogP contribution is 2.47. The highest BCUT2D eigenvalue weighted by Gasteiger charge is 2.48. The standard InChI is InChI=1S/C27H18BrClFN3O5S2/c1-38-19-11-15(10-17(28)23(19)35)21-20(22(34)13-6-8-16(30)9-7-13)24(36)25(37)33(21)26-31-32-27(40-26)39-12-14-4-2-3-5-18(14)29/h2-11,21,34-35H,12H2,1H3/b22-20-. The molecule has 0 radical (unpaired) electrons. The van der Waals surface area contributed by atoms with E-state index in [2.05, 4.69) is 26.1 Å². The zero-order valence-electron chi connectivity index (χ0n) is 20.5. The Morgan fingerprint density at radius 2 is 1.90 bits per heavy atom. The first-order valence-corrected chi connectivity index (χ1v) is 14.5. The lowest BCUT2D eigenvalue weighted by Gasteiger charge is -2.23. The van der Waals surface area contributed by atoms with Crippen LogP contribution in [0.4, 0.5) is 9.52 Å². The monoisotopic (exact) mass is 661 g/mol. The highest BCUT2D eigenvalue weighted by atomic mass is 79.9. The predicted molar refractivity (Wildman–Crippen MR) is 154 cm³/mol. The van der Waals surface area contributed by atoms with Crippen LogP contribution in [0, 0.1) is 5.82 Å². The zero-order chi connectivity index (χ0) is 28.6. The van der Waals surface area contributed by atoms with Gasteiger partial charge in [0.15, 0.2) is 15.8 Å². The number of benzene rings is 3. The molecule has 0 saturated carbocycles. The molecular weight excluding hydrogens is 645 g/mol. The Morgan fingerprint density at radius 3 is 2.60 bits per heavy atom. The van der Waals surface area contributed by atoms with Crippen molar-refractivity contribution in [2.24, 2.45) is 0 Å². The van der Waals surface area contributed by atoms with Crippen LogP contribution in [0.3, 0.4) is 0 Å². The number of nitrogens with zero attached hydrogens (tertiary/aromatic N) is 3. The molecule has 13 heteroatoms. The summed E-state index contributed by atoms with van der Waals surface area (Å²) in [5, 5.41) is 30.7. The van der Waals surface area contributed by atoms with E-state index in [0.29, 0.717) is 20.7 Å². The van der Waals surface area contributed by atoms with Crippen molar-refractivity contribution in [2.75, 3.05) is 12.0 Å². The van der Waals surface area contributed by atoms with Crippen LogP contribution in [0.25, 0.3) is 5.76 Å². The molecule has 0 spiro atoms. The minimum Gasteiger partial charge on any atom is -0.507 e. The molecule has 204 valence electrons. The number of thioether (sulfide) groups is 1. The van der Waals surface area contributed by atoms with Gasteiger partial charge in [-0.2, -0.15) is 0 Å². The van der Waals surface area contributed by atoms with Gasteiger partial charge in [0.1, 0.15) is 11.6 Å². The largest absolute Gasteiger partial charge is 0.507 e. The number of rotatable bonds is 7. The number of amides is 1. The molecule has 5 rings (SSSR count). The normalized spacial score (nSPS) is 16.5. The van der Waals surface area contributed by atoms with Gasteiger partial charge in [-0.15, -0.1) is 10.2 Å². The third-order valence-electron chi connectivity index (χ3n) is 6.06. The van der Waals surface area contributed by atoms with Crippen molar-refractivity contribution in [3.63, 3.8) is 0 Å². The molecule has 8 nitrogen and oxygen atoms in total. The third-order valence-corrected chi connectivity index (χ3v) is 9.14. The number of hydrogen-bond donors (Lipinski definition) is 2. The summed E-state index contributed by atoms with van der Waals surface area (Å²) in [4.78, 5) is 27.9. The van der Waals surface area contributed by atoms with Crippen LogP contribution < -0.4 is 9.64 Å². The summed E-state index contributed by atoms with van der Waals surface area (Å²) in [6.45, 7) is 0. The molecule has 1 fully saturated rings. The van der Waals surface area contributed by atoms with Crippen LogP contribution in [-0.4, -0.2) is 39.2 Å². The first kappa shape index (κ1) is 28.1. The number of Topliss-reactive ketones (excluding diaryl/α,β-unsaturated/α-hetero) is 1. The Morgan fingerprint density at radius 1 is 1.18 bits per heavy atom. The average molecular weight is 663 g/mol. The molecule has 1 aliphatic rings. The molecule has 1 atom stereocenters. The van der Waals surface area contributed by atoms with Gasteiger partial charge in [-0.3, -0.25) is 14.5 Å². The third kappa shape index (κ3) is 5.31. The molecule has 1 aromatic heterocycles. The molecular formula is C27H18BrClFN3O5S2. The van der Waals surface area contributed by atoms with Gasteiger partial charge in [0.25, 0.3) is 5.78 Å². The summed E-state index contributed by atoms with van der Waals surface area (Å²) in [6, 6.07) is 14.1. The van der Waals surface area contributed by atoms with E-state index in [1.807, 2.05) is 18.2 Å². The molecule has 1 aliphatic heterocycles. The molecule has 1 unspecified atom stereocenters. The lowest BCUT2D eigenvalue weighted by atomic mass is 9.95. The van der Waals surface area contributed by atoms with E-state index in [-0.39, 0.29) is 32.2 Å². The lowest BCUT2D eigenvalue weighted by Crippen LogP contribution is -2.29. The Hall–Kier alpha value is -3.45. The fourth-order valence-electron chi connectivity index (χ4n) is 4.13. The molecule has 3 aromatic carbocycles. The second kappa shape index (κ2) is 11.6. The molecule has 1 amide bonds. The molecule has 4 aromatic rings. The zero-order valence-corrected chi connectivity index (χ0v) is 24.4. The number of carbonyl (C=O) groups is 2. The molecule has 2 N–H and O–H groups in total. The fourth-order valence-corrected chi connectivity index (χ4v) is 6.74. The molecule has 1 saturated heterocycles. The number of aromatic hydroxyl groups is 1. The number of halogens is 3. The minimum absolute atomic E-state index is 0.0741. The van der Waals surface area contributed by atoms with Gasteiger partial charge in [-0.1, -0.05) is 52.9 Å². The van der Waals surface area contributed by atoms with E-state index in [0.717, 1.165) is 33.9 Å². The van der Waals surface area contributed by atoms with Crippen molar-refractivity contribution in [2.45, 2.75) is 16.1 Å². The summed E-state index contributed by atoms with van der Waals surface area (Å²) in [6.07, 6.45) is 0. The second-order valence-corrected chi connectivity index (χ2v) is 11.9. The van der Waals surface area contributed by atoms with Crippen molar-refractivity contribution in [1.29, 1.82) is 0 Å². The van der Waals surface area contributed by atoms with Gasteiger partial charge in [0.2, 0.25) is 5.13 Å². The number of anilines is 1. The van der Waals surface area contributed by atoms with Crippen molar-refractivity contribution >= 4 is 73.2 Å². The van der Waals surface area contributed by atoms with Crippen LogP contribution in [0.15, 0.2) is 75.0 Å². The van der Waals surface area contributed by atoms with Crippen LogP contribution >= 0.6 is 50.6 Å². The Balaban J connectivity index is 1.60. The summed E-state index contributed by atoms with van der Waals surface area (Å²) >= 11 is 12.0. The minimum atomic E-state index is -1.16. The van der Waals surface area contributed by atoms with Crippen LogP contribution in [-0.2, 0) is 15.3 Å². The topological polar surface area (TPSA) is 113 Å². The van der Waals surface area contributed by atoms with E-state index in [4.69, 9.17) is 16.3 Å². The van der Waals surface area contributed by atoms with E-state index >= 15 is 0 Å². The van der Waals surface area contributed by atoms with Crippen LogP contribution in [0.5, 0.6) is 11.5 Å². The number of hydrogen-bond acceptors (Lipinski definition) is 9. The number of aliphatic hydroxyl groups is 1. The fraction of sp³-hybridized carbons (Fsp3) is 0.111. The van der Waals surface area contributed by atoms with Gasteiger partial charge in [0.05, 0.1) is 23.2 Å². The number of aromatic nitrogens is 2. The number of ketones is 1. The average Bonchev–Trinajstić information content (AvgIpc) is 3.51. The summed E-state index contributed by atoms with van der Waals surface area (Å²) in [7, 11) is 1.36. The highest BCUT2D eigenvalue weighted by molar-refractivity contribution is 9.10. The van der Waals surface area contributed by atoms with Gasteiger partial charge < -0.3 is 14.9 Å². The molecule has 40 heavy (non-hydrogen) atoms. The molecule has 2 heterocycles. The quantitative estimate of drug-likeness (QED) is 0.0737. The Kier molecular flexibility index (Phi) is 8.13. The van der Waals surface area contributed by atoms with Crippen LogP contribution in [0.2, 0.25) is 5.02 Å². The first-order valence-electron chi connectivity index (χ1n) is 11.5. The van der Waals surface area contributed by atoms with Gasteiger partial charge in [0, 0.05) is 16.3 Å². The van der Waals surface area contributed by atoms with E-state index in [1.54, 1.807) is 6.07 Å². The summed E-state index contributed by atoms with van der Waals surface area (Å²) < 4.78 is 19.6. The number of aliphatic hydroxyl groups excluding tert-OH is 1. The molecule has 0 aliphatic carbocycles. The van der Waals surface area contributed by atoms with Gasteiger partial charge >= 0.3 is 5.91 Å². The van der Waals surface area contributed by atoms with Gasteiger partial charge in [-0.05, 0) is 69.5 Å². The van der Waals surface area contributed by atoms with E-state index < -0.39 is 29.3 Å². The van der Waals surface area contributed by atoms with Gasteiger partial charge in [-0.25, -0.2) is 4.39 Å². The van der Waals surface area contributed by atoms with E-state index in [1.165, 1.54) is 43.1 Å². The van der Waals surface area contributed by atoms with Crippen molar-refractivity contribution in [1.82, 2.24) is 10.2 Å². The summed E-state index contributed by atoms with van der Waals surface area (Å²) in [5.41, 5.74) is 1.13. The number of carbonyl (C=O) groups excluding carboxylic acids is 2. The first-order chi connectivity index (χ1) is 19.2. The van der Waals surface area contributed by atoms with Crippen molar-refractivity contribution in [3.8, 4) is 11.5 Å². The predicted octanol–water partition coefficient (Wildman–Crippen LogP) is 6.73. The lowest BCUT2D eigenvalue weighted by molar-refractivity contribution is -0.132. The number of phenolic OH excluding ortho intramolecular Hbond substituents is 1. The second-order valence-electron chi connectivity index (χ2n) is 8.46. The molecule has 0 bridgehead atoms. The number of methoxy groups -OCH3 is 1. The van der Waals surface area contributed by atoms with E-state index in [9.17, 15) is 24.2 Å². The SMILES string of the molecule is COc1cc(C2/C(=C(/O)c3ccc(F)cc3)C(=O)C(=O)N2c2nnc(SCc3ccccc3Cl)s2)cc(Br)c1O. The van der Waals surface area contributed by atoms with Crippen LogP contribution in [0.1, 0.15) is 22.7 Å². The maximum atomic E-state index is 13.6. The van der Waals surface area contributed by atoms with Crippen molar-refractivity contribution in [3.05, 3.63) is 98.2 Å². The Bertz CT molecular complexity index is 1660. The smallest absolute Gasteiger partial charge is 0.301 e. The van der Waals surface area contributed by atoms with Crippen molar-refractivity contribution < 1.29 is 28.9 Å². The maximum Gasteiger partial charge on any atom is 0.301 e. The Labute approximate surface area is 249 Å². The number of phenols is 1. The maximum absolute atomic E-state index is 13.6.